The molecule has 8 heteroatoms. The van der Waals surface area contributed by atoms with Gasteiger partial charge in [0.1, 0.15) is 0 Å². The third kappa shape index (κ3) is 4.05. The minimum absolute atomic E-state index is 0.0884. The number of aliphatic hydroxyl groups is 1. The fourth-order valence-electron chi connectivity index (χ4n) is 3.94. The molecule has 1 spiro atoms. The van der Waals surface area contributed by atoms with Crippen molar-refractivity contribution in [2.75, 3.05) is 25.1 Å². The van der Waals surface area contributed by atoms with E-state index in [1.807, 2.05) is 29.4 Å². The van der Waals surface area contributed by atoms with Crippen molar-refractivity contribution in [1.29, 1.82) is 5.26 Å². The van der Waals surface area contributed by atoms with Crippen molar-refractivity contribution < 1.29 is 9.90 Å². The Balaban J connectivity index is 1.86. The molecule has 0 bridgehead atoms. The molecule has 1 aromatic rings. The summed E-state index contributed by atoms with van der Waals surface area (Å²) in [6.45, 7) is 1.61. The zero-order valence-corrected chi connectivity index (χ0v) is 17.0. The Morgan fingerprint density at radius 2 is 2.15 bits per heavy atom. The number of nitriles is 1. The molecule has 6 nitrogen and oxygen atoms in total. The Morgan fingerprint density at radius 1 is 1.44 bits per heavy atom. The van der Waals surface area contributed by atoms with E-state index in [0.29, 0.717) is 38.0 Å². The molecule has 0 aliphatic carbocycles. The summed E-state index contributed by atoms with van der Waals surface area (Å²) < 4.78 is 0. The summed E-state index contributed by atoms with van der Waals surface area (Å²) in [5.41, 5.74) is 1.01. The number of hydrogen-bond donors (Lipinski definition) is 2. The largest absolute Gasteiger partial charge is 0.487 e. The average Bonchev–Trinajstić information content (AvgIpc) is 2.92. The van der Waals surface area contributed by atoms with E-state index in [9.17, 15) is 15.2 Å². The van der Waals surface area contributed by atoms with E-state index in [4.69, 9.17) is 12.2 Å². The third-order valence-corrected chi connectivity index (χ3v) is 6.36. The van der Waals surface area contributed by atoms with Crippen molar-refractivity contribution in [3.05, 3.63) is 35.4 Å². The number of aliphatic hydroxyl groups excluding tert-OH is 1. The fourth-order valence-corrected chi connectivity index (χ4v) is 4.60. The Labute approximate surface area is 169 Å². The van der Waals surface area contributed by atoms with Crippen LogP contribution in [0.5, 0.6) is 0 Å². The molecule has 0 aromatic heterocycles. The summed E-state index contributed by atoms with van der Waals surface area (Å²) in [5, 5.41) is 22.5. The maximum atomic E-state index is 13.2. The van der Waals surface area contributed by atoms with E-state index < -0.39 is 5.66 Å². The van der Waals surface area contributed by atoms with E-state index in [1.165, 1.54) is 0 Å². The standard InChI is InChI=1S/C19H24N4O2S2/c1-27-11-6-16-17(24)23(13-15-5-3-2-4-14(15)12-20)19(21-16)7-9-22(10-8-19)18(25)26/h2-5,16,21H,6-11,13H2,1H3,(H,25,26). The van der Waals surface area contributed by atoms with Gasteiger partial charge in [-0.3, -0.25) is 10.1 Å². The van der Waals surface area contributed by atoms with Crippen LogP contribution >= 0.6 is 24.0 Å². The van der Waals surface area contributed by atoms with Crippen molar-refractivity contribution in [2.45, 2.75) is 37.5 Å². The molecule has 2 fully saturated rings. The Morgan fingerprint density at radius 3 is 2.78 bits per heavy atom. The minimum Gasteiger partial charge on any atom is -0.487 e. The van der Waals surface area contributed by atoms with Gasteiger partial charge >= 0.3 is 0 Å². The second-order valence-corrected chi connectivity index (χ2v) is 8.32. The van der Waals surface area contributed by atoms with Gasteiger partial charge in [-0.15, -0.1) is 0 Å². The predicted molar refractivity (Wildman–Crippen MR) is 110 cm³/mol. The second-order valence-electron chi connectivity index (χ2n) is 6.97. The van der Waals surface area contributed by atoms with E-state index in [1.54, 1.807) is 22.7 Å². The number of benzene rings is 1. The van der Waals surface area contributed by atoms with Gasteiger partial charge in [0.2, 0.25) is 5.91 Å². The number of nitrogens with one attached hydrogen (secondary N) is 1. The van der Waals surface area contributed by atoms with Crippen molar-refractivity contribution in [1.82, 2.24) is 15.1 Å². The smallest absolute Gasteiger partial charge is 0.256 e. The molecule has 1 aromatic carbocycles. The molecule has 27 heavy (non-hydrogen) atoms. The molecule has 2 N–H and O–H groups in total. The topological polar surface area (TPSA) is 79.6 Å². The van der Waals surface area contributed by atoms with Gasteiger partial charge in [0.15, 0.2) is 0 Å². The molecule has 0 radical (unpaired) electrons. The van der Waals surface area contributed by atoms with Gasteiger partial charge in [-0.05, 0) is 42.3 Å². The number of amides is 1. The molecule has 2 aliphatic heterocycles. The normalized spacial score (nSPS) is 21.5. The number of likely N-dealkylation sites (tertiary alicyclic amines) is 1. The molecule has 2 heterocycles. The van der Waals surface area contributed by atoms with Crippen molar-refractivity contribution in [2.24, 2.45) is 0 Å². The summed E-state index contributed by atoms with van der Waals surface area (Å²) in [4.78, 5) is 16.9. The zero-order valence-electron chi connectivity index (χ0n) is 15.4. The van der Waals surface area contributed by atoms with Gasteiger partial charge in [-0.25, -0.2) is 0 Å². The molecule has 144 valence electrons. The van der Waals surface area contributed by atoms with Gasteiger partial charge in [0.05, 0.1) is 23.3 Å². The molecular weight excluding hydrogens is 380 g/mol. The highest BCUT2D eigenvalue weighted by molar-refractivity contribution is 7.98. The molecule has 1 amide bonds. The molecule has 1 unspecified atom stereocenters. The first-order valence-electron chi connectivity index (χ1n) is 9.05. The molecule has 3 rings (SSSR count). The summed E-state index contributed by atoms with van der Waals surface area (Å²) in [6.07, 6.45) is 4.19. The van der Waals surface area contributed by atoms with Gasteiger partial charge < -0.3 is 14.9 Å². The number of carbonyl (C=O) groups is 1. The molecule has 2 saturated heterocycles. The number of thiocarbonyl (C=S) groups is 1. The van der Waals surface area contributed by atoms with Crippen LogP contribution in [0.25, 0.3) is 0 Å². The first kappa shape index (κ1) is 19.9. The lowest BCUT2D eigenvalue weighted by Crippen LogP contribution is -2.59. The summed E-state index contributed by atoms with van der Waals surface area (Å²) >= 11 is 6.62. The van der Waals surface area contributed by atoms with Crippen LogP contribution in [0.3, 0.4) is 0 Å². The number of rotatable bonds is 5. The third-order valence-electron chi connectivity index (χ3n) is 5.46. The van der Waals surface area contributed by atoms with Crippen LogP contribution in [0.1, 0.15) is 30.4 Å². The first-order chi connectivity index (χ1) is 13.0. The average molecular weight is 405 g/mol. The lowest BCUT2D eigenvalue weighted by Gasteiger charge is -2.44. The monoisotopic (exact) mass is 404 g/mol. The van der Waals surface area contributed by atoms with E-state index >= 15 is 0 Å². The maximum absolute atomic E-state index is 13.2. The number of thioether (sulfide) groups is 1. The highest BCUT2D eigenvalue weighted by atomic mass is 32.2. The van der Waals surface area contributed by atoms with Crippen molar-refractivity contribution >= 4 is 35.1 Å². The fraction of sp³-hybridized carbons (Fsp3) is 0.526. The summed E-state index contributed by atoms with van der Waals surface area (Å²) in [6, 6.07) is 9.44. The van der Waals surface area contributed by atoms with Gasteiger partial charge in [-0.1, -0.05) is 18.2 Å². The summed E-state index contributed by atoms with van der Waals surface area (Å²) in [5.74, 6) is 1.01. The number of piperidine rings is 1. The Hall–Kier alpha value is -1.82. The second kappa shape index (κ2) is 8.46. The predicted octanol–water partition coefficient (Wildman–Crippen LogP) is 2.25. The van der Waals surface area contributed by atoms with Crippen LogP contribution in [0.4, 0.5) is 0 Å². The molecule has 0 saturated carbocycles. The van der Waals surface area contributed by atoms with Gasteiger partial charge in [0, 0.05) is 32.5 Å². The van der Waals surface area contributed by atoms with Crippen LogP contribution in [-0.4, -0.2) is 62.8 Å². The lowest BCUT2D eigenvalue weighted by atomic mass is 9.95. The first-order valence-corrected chi connectivity index (χ1v) is 10.8. The van der Waals surface area contributed by atoms with E-state index in [-0.39, 0.29) is 17.1 Å². The summed E-state index contributed by atoms with van der Waals surface area (Å²) in [7, 11) is 0. The highest BCUT2D eigenvalue weighted by Gasteiger charge is 2.51. The van der Waals surface area contributed by atoms with Crippen molar-refractivity contribution in [3.8, 4) is 6.07 Å². The molecule has 1 atom stereocenters. The number of carbonyl (C=O) groups excluding carboxylic acids is 1. The molecule has 2 aliphatic rings. The van der Waals surface area contributed by atoms with Gasteiger partial charge in [0.25, 0.3) is 5.17 Å². The van der Waals surface area contributed by atoms with E-state index in [2.05, 4.69) is 11.4 Å². The van der Waals surface area contributed by atoms with Crippen molar-refractivity contribution in [3.63, 3.8) is 0 Å². The zero-order chi connectivity index (χ0) is 19.4. The Kier molecular flexibility index (Phi) is 6.25. The van der Waals surface area contributed by atoms with Gasteiger partial charge in [-0.2, -0.15) is 17.0 Å². The van der Waals surface area contributed by atoms with Crippen LogP contribution in [0.2, 0.25) is 0 Å². The number of nitrogens with zero attached hydrogens (tertiary/aromatic N) is 3. The minimum atomic E-state index is -0.454. The van der Waals surface area contributed by atoms with Crippen LogP contribution < -0.4 is 5.32 Å². The Bertz CT molecular complexity index is 756. The maximum Gasteiger partial charge on any atom is 0.256 e. The lowest BCUT2D eigenvalue weighted by molar-refractivity contribution is -0.134. The van der Waals surface area contributed by atoms with E-state index in [0.717, 1.165) is 17.7 Å². The van der Waals surface area contributed by atoms with Crippen LogP contribution in [0.15, 0.2) is 24.3 Å². The highest BCUT2D eigenvalue weighted by Crippen LogP contribution is 2.35. The van der Waals surface area contributed by atoms with Crippen LogP contribution in [0, 0.1) is 11.3 Å². The quantitative estimate of drug-likeness (QED) is 0.729. The molecular formula is C19H24N4O2S2. The SMILES string of the molecule is CSCCC1NC2(CCN(C(O)=S)CC2)N(Cc2ccccc2C#N)C1=O. The van der Waals surface area contributed by atoms with Crippen LogP contribution in [-0.2, 0) is 11.3 Å². The number of hydrogen-bond acceptors (Lipinski definition) is 5.